The van der Waals surface area contributed by atoms with E-state index < -0.39 is 10.7 Å². The van der Waals surface area contributed by atoms with Crippen molar-refractivity contribution in [2.45, 2.75) is 38.5 Å². The van der Waals surface area contributed by atoms with Gasteiger partial charge in [-0.25, -0.2) is 9.37 Å². The lowest BCUT2D eigenvalue weighted by Gasteiger charge is -2.38. The van der Waals surface area contributed by atoms with Crippen LogP contribution in [0.1, 0.15) is 25.3 Å². The molecular formula is C24H26FN3O5. The number of nitrogens with zero attached hydrogens (tertiary/aromatic N) is 3. The van der Waals surface area contributed by atoms with E-state index >= 15 is 0 Å². The van der Waals surface area contributed by atoms with Crippen molar-refractivity contribution in [3.63, 3.8) is 0 Å². The van der Waals surface area contributed by atoms with Crippen LogP contribution in [-0.4, -0.2) is 42.9 Å². The van der Waals surface area contributed by atoms with E-state index in [4.69, 9.17) is 14.2 Å². The molecule has 174 valence electrons. The molecule has 0 aliphatic carbocycles. The molecule has 33 heavy (non-hydrogen) atoms. The molecule has 2 aromatic carbocycles. The SMILES string of the molecule is COc1ccc(CN(c2c([N+](=O)[O-])cnc3ccc(F)cc23)C2CCO[C@H](C)C2)c(OC)c1. The number of nitro groups is 1. The van der Waals surface area contributed by atoms with E-state index in [1.165, 1.54) is 24.4 Å². The van der Waals surface area contributed by atoms with Crippen LogP contribution in [0.5, 0.6) is 11.5 Å². The molecule has 0 spiro atoms. The van der Waals surface area contributed by atoms with Crippen LogP contribution in [0.15, 0.2) is 42.6 Å². The molecule has 3 aromatic rings. The summed E-state index contributed by atoms with van der Waals surface area (Å²) < 4.78 is 30.9. The van der Waals surface area contributed by atoms with Gasteiger partial charge >= 0.3 is 5.69 Å². The van der Waals surface area contributed by atoms with Crippen LogP contribution in [0, 0.1) is 15.9 Å². The van der Waals surface area contributed by atoms with Gasteiger partial charge in [-0.1, -0.05) is 0 Å². The molecule has 0 N–H and O–H groups in total. The van der Waals surface area contributed by atoms with Crippen molar-refractivity contribution in [2.24, 2.45) is 0 Å². The second-order valence-corrected chi connectivity index (χ2v) is 8.08. The summed E-state index contributed by atoms with van der Waals surface area (Å²) in [7, 11) is 3.14. The van der Waals surface area contributed by atoms with E-state index in [1.807, 2.05) is 24.0 Å². The van der Waals surface area contributed by atoms with Crippen LogP contribution < -0.4 is 14.4 Å². The Labute approximate surface area is 191 Å². The van der Waals surface area contributed by atoms with Crippen molar-refractivity contribution in [1.29, 1.82) is 0 Å². The van der Waals surface area contributed by atoms with Gasteiger partial charge in [-0.15, -0.1) is 0 Å². The van der Waals surface area contributed by atoms with Crippen LogP contribution in [0.4, 0.5) is 15.8 Å². The third-order valence-electron chi connectivity index (χ3n) is 6.00. The van der Waals surface area contributed by atoms with Crippen LogP contribution in [-0.2, 0) is 11.3 Å². The number of benzene rings is 2. The molecule has 1 unspecified atom stereocenters. The zero-order valence-electron chi connectivity index (χ0n) is 18.8. The van der Waals surface area contributed by atoms with Gasteiger partial charge in [0.25, 0.3) is 0 Å². The van der Waals surface area contributed by atoms with E-state index in [2.05, 4.69) is 4.98 Å². The Bertz CT molecular complexity index is 1170. The van der Waals surface area contributed by atoms with Crippen molar-refractivity contribution < 1.29 is 23.5 Å². The van der Waals surface area contributed by atoms with E-state index in [0.717, 1.165) is 5.56 Å². The largest absolute Gasteiger partial charge is 0.497 e. The van der Waals surface area contributed by atoms with Gasteiger partial charge in [0.1, 0.15) is 29.2 Å². The summed E-state index contributed by atoms with van der Waals surface area (Å²) in [5, 5.41) is 12.4. The molecule has 0 radical (unpaired) electrons. The Balaban J connectivity index is 1.91. The Morgan fingerprint density at radius 2 is 2.06 bits per heavy atom. The third-order valence-corrected chi connectivity index (χ3v) is 6.00. The molecule has 9 heteroatoms. The topological polar surface area (TPSA) is 87.0 Å². The number of aromatic nitrogens is 1. The van der Waals surface area contributed by atoms with Crippen LogP contribution in [0.25, 0.3) is 10.9 Å². The first-order valence-electron chi connectivity index (χ1n) is 10.7. The maximum Gasteiger partial charge on any atom is 0.311 e. The van der Waals surface area contributed by atoms with E-state index in [-0.39, 0.29) is 17.8 Å². The summed E-state index contributed by atoms with van der Waals surface area (Å²) in [6, 6.07) is 9.57. The lowest BCUT2D eigenvalue weighted by Crippen LogP contribution is -2.42. The molecule has 4 rings (SSSR count). The van der Waals surface area contributed by atoms with E-state index in [1.54, 1.807) is 20.3 Å². The Morgan fingerprint density at radius 3 is 2.76 bits per heavy atom. The molecule has 0 amide bonds. The molecule has 2 atom stereocenters. The second kappa shape index (κ2) is 9.58. The highest BCUT2D eigenvalue weighted by atomic mass is 19.1. The second-order valence-electron chi connectivity index (χ2n) is 8.08. The van der Waals surface area contributed by atoms with Gasteiger partial charge in [-0.3, -0.25) is 10.1 Å². The summed E-state index contributed by atoms with van der Waals surface area (Å²) >= 11 is 0. The number of hydrogen-bond donors (Lipinski definition) is 0. The first-order chi connectivity index (χ1) is 15.9. The zero-order chi connectivity index (χ0) is 23.5. The summed E-state index contributed by atoms with van der Waals surface area (Å²) in [5.41, 5.74) is 1.50. The van der Waals surface area contributed by atoms with Crippen LogP contribution >= 0.6 is 0 Å². The summed E-state index contributed by atoms with van der Waals surface area (Å²) in [6.45, 7) is 2.84. The van der Waals surface area contributed by atoms with Gasteiger partial charge in [0.05, 0.1) is 30.8 Å². The lowest BCUT2D eigenvalue weighted by atomic mass is 9.99. The molecule has 0 saturated carbocycles. The number of ether oxygens (including phenoxy) is 3. The monoisotopic (exact) mass is 455 g/mol. The molecule has 1 aliphatic rings. The molecule has 8 nitrogen and oxygen atoms in total. The fourth-order valence-corrected chi connectivity index (χ4v) is 4.39. The normalized spacial score (nSPS) is 18.2. The number of anilines is 1. The van der Waals surface area contributed by atoms with Crippen molar-refractivity contribution in [3.8, 4) is 11.5 Å². The minimum absolute atomic E-state index is 0.00657. The average molecular weight is 455 g/mol. The first-order valence-corrected chi connectivity index (χ1v) is 10.7. The van der Waals surface area contributed by atoms with Gasteiger partial charge in [0.15, 0.2) is 0 Å². The average Bonchev–Trinajstić information content (AvgIpc) is 2.81. The highest BCUT2D eigenvalue weighted by Gasteiger charge is 2.32. The molecule has 1 saturated heterocycles. The first kappa shape index (κ1) is 22.7. The van der Waals surface area contributed by atoms with Gasteiger partial charge < -0.3 is 19.1 Å². The quantitative estimate of drug-likeness (QED) is 0.371. The Kier molecular flexibility index (Phi) is 6.60. The van der Waals surface area contributed by atoms with Crippen LogP contribution in [0.3, 0.4) is 0 Å². The van der Waals surface area contributed by atoms with Crippen molar-refractivity contribution >= 4 is 22.3 Å². The van der Waals surface area contributed by atoms with Gasteiger partial charge in [0.2, 0.25) is 0 Å². The van der Waals surface area contributed by atoms with Gasteiger partial charge in [-0.2, -0.15) is 0 Å². The minimum Gasteiger partial charge on any atom is -0.497 e. The fourth-order valence-electron chi connectivity index (χ4n) is 4.39. The Hall–Kier alpha value is -3.46. The molecule has 1 fully saturated rings. The maximum absolute atomic E-state index is 14.3. The number of methoxy groups -OCH3 is 2. The molecule has 1 aromatic heterocycles. The number of pyridine rings is 1. The molecule has 1 aliphatic heterocycles. The molecular weight excluding hydrogens is 429 g/mol. The molecule has 2 heterocycles. The van der Waals surface area contributed by atoms with E-state index in [0.29, 0.717) is 54.1 Å². The van der Waals surface area contributed by atoms with Gasteiger partial charge in [-0.05, 0) is 50.1 Å². The lowest BCUT2D eigenvalue weighted by molar-refractivity contribution is -0.384. The number of fused-ring (bicyclic) bond motifs is 1. The number of hydrogen-bond acceptors (Lipinski definition) is 7. The third kappa shape index (κ3) is 4.68. The molecule has 0 bridgehead atoms. The summed E-state index contributed by atoms with van der Waals surface area (Å²) in [6.07, 6.45) is 2.60. The summed E-state index contributed by atoms with van der Waals surface area (Å²) in [4.78, 5) is 17.8. The van der Waals surface area contributed by atoms with E-state index in [9.17, 15) is 14.5 Å². The number of rotatable bonds is 7. The van der Waals surface area contributed by atoms with Crippen LogP contribution in [0.2, 0.25) is 0 Å². The highest BCUT2D eigenvalue weighted by Crippen LogP contribution is 2.40. The predicted octanol–water partition coefficient (Wildman–Crippen LogP) is 4.87. The maximum atomic E-state index is 14.3. The highest BCUT2D eigenvalue weighted by molar-refractivity contribution is 5.96. The fraction of sp³-hybridized carbons (Fsp3) is 0.375. The van der Waals surface area contributed by atoms with Gasteiger partial charge in [0, 0.05) is 36.2 Å². The minimum atomic E-state index is -0.478. The van der Waals surface area contributed by atoms with Crippen molar-refractivity contribution in [3.05, 3.63) is 64.1 Å². The smallest absolute Gasteiger partial charge is 0.311 e. The zero-order valence-corrected chi connectivity index (χ0v) is 18.8. The van der Waals surface area contributed by atoms with Crippen molar-refractivity contribution in [2.75, 3.05) is 25.7 Å². The van der Waals surface area contributed by atoms with Crippen molar-refractivity contribution in [1.82, 2.24) is 4.98 Å². The Morgan fingerprint density at radius 1 is 1.24 bits per heavy atom. The standard InChI is InChI=1S/C24H26FN3O5/c1-15-10-18(8-9-33-15)27(14-16-4-6-19(31-2)12-23(16)32-3)24-20-11-17(25)5-7-21(20)26-13-22(24)28(29)30/h4-7,11-13,15,18H,8-10,14H2,1-3H3/t15-,18?/m1/s1. The summed E-state index contributed by atoms with van der Waals surface area (Å²) in [5.74, 6) is 0.768. The number of halogens is 1. The predicted molar refractivity (Wildman–Crippen MR) is 123 cm³/mol.